The van der Waals surface area contributed by atoms with E-state index in [1.54, 1.807) is 4.90 Å². The second kappa shape index (κ2) is 5.72. The molecule has 2 N–H and O–H groups in total. The summed E-state index contributed by atoms with van der Waals surface area (Å²) < 4.78 is 26.7. The molecule has 1 aliphatic heterocycles. The smallest absolute Gasteiger partial charge is 0.223 e. The van der Waals surface area contributed by atoms with E-state index in [1.807, 2.05) is 20.8 Å². The van der Waals surface area contributed by atoms with Gasteiger partial charge in [-0.05, 0) is 51.3 Å². The Bertz CT molecular complexity index is 540. The average Bonchev–Trinajstić information content (AvgIpc) is 2.51. The van der Waals surface area contributed by atoms with E-state index >= 15 is 0 Å². The molecule has 1 amide bonds. The van der Waals surface area contributed by atoms with E-state index in [1.165, 1.54) is 6.07 Å². The molecule has 3 nitrogen and oxygen atoms in total. The Morgan fingerprint density at radius 2 is 1.90 bits per heavy atom. The molecule has 0 spiro atoms. The molecule has 1 aromatic rings. The van der Waals surface area contributed by atoms with Crippen LogP contribution in [0.3, 0.4) is 0 Å². The van der Waals surface area contributed by atoms with E-state index in [0.29, 0.717) is 24.8 Å². The lowest BCUT2D eigenvalue weighted by atomic mass is 9.92. The third kappa shape index (κ3) is 3.23. The van der Waals surface area contributed by atoms with Crippen LogP contribution in [-0.4, -0.2) is 22.4 Å². The van der Waals surface area contributed by atoms with E-state index < -0.39 is 23.2 Å². The molecule has 0 radical (unpaired) electrons. The SMILES string of the molecule is CC(C)(C)N1C(=O)CCCC(N)C1c1ccc(F)c(F)c1. The maximum atomic E-state index is 13.6. The van der Waals surface area contributed by atoms with Gasteiger partial charge in [0.1, 0.15) is 0 Å². The first-order valence-electron chi connectivity index (χ1n) is 7.24. The average molecular weight is 296 g/mol. The lowest BCUT2D eigenvalue weighted by Crippen LogP contribution is -2.51. The van der Waals surface area contributed by atoms with Crippen LogP contribution in [0.2, 0.25) is 0 Å². The molecular formula is C16H22F2N2O. The fourth-order valence-electron chi connectivity index (χ4n) is 3.00. The van der Waals surface area contributed by atoms with E-state index in [2.05, 4.69) is 0 Å². The highest BCUT2D eigenvalue weighted by atomic mass is 19.2. The van der Waals surface area contributed by atoms with Crippen LogP contribution < -0.4 is 5.73 Å². The zero-order valence-corrected chi connectivity index (χ0v) is 12.7. The van der Waals surface area contributed by atoms with Crippen LogP contribution in [0.15, 0.2) is 18.2 Å². The predicted octanol–water partition coefficient (Wildman–Crippen LogP) is 3.14. The van der Waals surface area contributed by atoms with E-state index in [9.17, 15) is 13.6 Å². The van der Waals surface area contributed by atoms with Gasteiger partial charge in [0.25, 0.3) is 0 Å². The van der Waals surface area contributed by atoms with Gasteiger partial charge >= 0.3 is 0 Å². The molecular weight excluding hydrogens is 274 g/mol. The molecule has 21 heavy (non-hydrogen) atoms. The van der Waals surface area contributed by atoms with Crippen LogP contribution in [0.1, 0.15) is 51.6 Å². The third-order valence-corrected chi connectivity index (χ3v) is 3.89. The van der Waals surface area contributed by atoms with Gasteiger partial charge in [0.2, 0.25) is 5.91 Å². The van der Waals surface area contributed by atoms with E-state index in [-0.39, 0.29) is 11.9 Å². The van der Waals surface area contributed by atoms with Crippen LogP contribution in [0.25, 0.3) is 0 Å². The first kappa shape index (κ1) is 15.9. The standard InChI is InChI=1S/C16H22F2N2O/c1-16(2,3)20-14(21)6-4-5-13(19)15(20)10-7-8-11(17)12(18)9-10/h7-9,13,15H,4-6,19H2,1-3H3. The Morgan fingerprint density at radius 1 is 1.24 bits per heavy atom. The molecule has 1 heterocycles. The molecule has 1 aliphatic rings. The van der Waals surface area contributed by atoms with Gasteiger partial charge in [-0.3, -0.25) is 4.79 Å². The van der Waals surface area contributed by atoms with Crippen molar-refractivity contribution < 1.29 is 13.6 Å². The normalized spacial score (nSPS) is 24.1. The van der Waals surface area contributed by atoms with Crippen molar-refractivity contribution in [1.82, 2.24) is 4.90 Å². The number of rotatable bonds is 1. The summed E-state index contributed by atoms with van der Waals surface area (Å²) in [4.78, 5) is 14.2. The van der Waals surface area contributed by atoms with Crippen molar-refractivity contribution in [3.63, 3.8) is 0 Å². The van der Waals surface area contributed by atoms with Gasteiger partial charge in [-0.2, -0.15) is 0 Å². The zero-order valence-electron chi connectivity index (χ0n) is 12.7. The lowest BCUT2D eigenvalue weighted by Gasteiger charge is -2.43. The highest BCUT2D eigenvalue weighted by molar-refractivity contribution is 5.78. The molecule has 0 aromatic heterocycles. The number of halogens is 2. The van der Waals surface area contributed by atoms with Crippen molar-refractivity contribution in [3.8, 4) is 0 Å². The Labute approximate surface area is 124 Å². The Morgan fingerprint density at radius 3 is 2.48 bits per heavy atom. The van der Waals surface area contributed by atoms with Crippen LogP contribution in [-0.2, 0) is 4.79 Å². The number of nitrogens with zero attached hydrogens (tertiary/aromatic N) is 1. The molecule has 5 heteroatoms. The Kier molecular flexibility index (Phi) is 4.33. The summed E-state index contributed by atoms with van der Waals surface area (Å²) >= 11 is 0. The molecule has 0 saturated carbocycles. The predicted molar refractivity (Wildman–Crippen MR) is 77.5 cm³/mol. The van der Waals surface area contributed by atoms with Crippen molar-refractivity contribution in [2.24, 2.45) is 5.73 Å². The van der Waals surface area contributed by atoms with Crippen molar-refractivity contribution >= 4 is 5.91 Å². The Balaban J connectivity index is 2.51. The number of likely N-dealkylation sites (tertiary alicyclic amines) is 1. The van der Waals surface area contributed by atoms with Crippen molar-refractivity contribution in [2.75, 3.05) is 0 Å². The lowest BCUT2D eigenvalue weighted by molar-refractivity contribution is -0.139. The van der Waals surface area contributed by atoms with Gasteiger partial charge in [0.05, 0.1) is 6.04 Å². The van der Waals surface area contributed by atoms with E-state index in [0.717, 1.165) is 12.1 Å². The number of hydrogen-bond acceptors (Lipinski definition) is 2. The quantitative estimate of drug-likeness (QED) is 0.865. The van der Waals surface area contributed by atoms with E-state index in [4.69, 9.17) is 5.73 Å². The number of nitrogens with two attached hydrogens (primary N) is 1. The fraction of sp³-hybridized carbons (Fsp3) is 0.562. The molecule has 2 atom stereocenters. The van der Waals surface area contributed by atoms with Gasteiger partial charge in [0.15, 0.2) is 11.6 Å². The maximum Gasteiger partial charge on any atom is 0.223 e. The molecule has 1 saturated heterocycles. The number of amides is 1. The summed E-state index contributed by atoms with van der Waals surface area (Å²) in [6, 6.07) is 3.03. The van der Waals surface area contributed by atoms with Gasteiger partial charge in [-0.15, -0.1) is 0 Å². The van der Waals surface area contributed by atoms with Crippen LogP contribution in [0, 0.1) is 11.6 Å². The minimum atomic E-state index is -0.912. The zero-order chi connectivity index (χ0) is 15.8. The van der Waals surface area contributed by atoms with Crippen molar-refractivity contribution in [3.05, 3.63) is 35.4 Å². The first-order valence-corrected chi connectivity index (χ1v) is 7.24. The number of carbonyl (C=O) groups excluding carboxylic acids is 1. The Hall–Kier alpha value is -1.49. The van der Waals surface area contributed by atoms with Crippen molar-refractivity contribution in [1.29, 1.82) is 0 Å². The number of carbonyl (C=O) groups is 1. The van der Waals surface area contributed by atoms with Crippen molar-refractivity contribution in [2.45, 2.75) is 57.7 Å². The van der Waals surface area contributed by atoms with Gasteiger partial charge in [-0.1, -0.05) is 6.07 Å². The number of hydrogen-bond donors (Lipinski definition) is 1. The fourth-order valence-corrected chi connectivity index (χ4v) is 3.00. The molecule has 0 bridgehead atoms. The highest BCUT2D eigenvalue weighted by Gasteiger charge is 2.39. The topological polar surface area (TPSA) is 46.3 Å². The van der Waals surface area contributed by atoms with Crippen LogP contribution in [0.4, 0.5) is 8.78 Å². The largest absolute Gasteiger partial charge is 0.329 e. The molecule has 2 unspecified atom stereocenters. The minimum Gasteiger partial charge on any atom is -0.329 e. The summed E-state index contributed by atoms with van der Waals surface area (Å²) in [7, 11) is 0. The summed E-state index contributed by atoms with van der Waals surface area (Å²) in [5.41, 5.74) is 6.35. The second-order valence-corrected chi connectivity index (χ2v) is 6.61. The number of benzene rings is 1. The summed E-state index contributed by atoms with van der Waals surface area (Å²) in [6.07, 6.45) is 1.83. The highest BCUT2D eigenvalue weighted by Crippen LogP contribution is 2.35. The molecule has 1 fully saturated rings. The molecule has 116 valence electrons. The molecule has 2 rings (SSSR count). The maximum absolute atomic E-state index is 13.6. The summed E-state index contributed by atoms with van der Waals surface area (Å²) in [5, 5.41) is 0. The second-order valence-electron chi connectivity index (χ2n) is 6.61. The molecule has 0 aliphatic carbocycles. The van der Waals surface area contributed by atoms with Crippen LogP contribution >= 0.6 is 0 Å². The summed E-state index contributed by atoms with van der Waals surface area (Å²) in [6.45, 7) is 5.78. The van der Waals surface area contributed by atoms with Gasteiger partial charge in [0, 0.05) is 18.0 Å². The third-order valence-electron chi connectivity index (χ3n) is 3.89. The van der Waals surface area contributed by atoms with Crippen LogP contribution in [0.5, 0.6) is 0 Å². The van der Waals surface area contributed by atoms with Gasteiger partial charge in [-0.25, -0.2) is 8.78 Å². The molecule has 1 aromatic carbocycles. The minimum absolute atomic E-state index is 0.00480. The summed E-state index contributed by atoms with van der Waals surface area (Å²) in [5.74, 6) is -1.80. The first-order chi connectivity index (χ1) is 9.71. The van der Waals surface area contributed by atoms with Gasteiger partial charge < -0.3 is 10.6 Å². The monoisotopic (exact) mass is 296 g/mol.